The van der Waals surface area contributed by atoms with Gasteiger partial charge in [-0.3, -0.25) is 0 Å². The zero-order chi connectivity index (χ0) is 12.3. The molecule has 4 unspecified atom stereocenters. The SMILES string of the molecule is CC(=S)c1ccc2c(c1)CC1C3CCC(C3)C1C2. The molecule has 3 aliphatic carbocycles. The van der Waals surface area contributed by atoms with Crippen LogP contribution in [0.2, 0.25) is 0 Å². The zero-order valence-corrected chi connectivity index (χ0v) is 11.8. The van der Waals surface area contributed by atoms with Crippen molar-refractivity contribution >= 4 is 17.1 Å². The molecule has 4 rings (SSSR count). The lowest BCUT2D eigenvalue weighted by Crippen LogP contribution is -2.30. The van der Waals surface area contributed by atoms with Crippen molar-refractivity contribution < 1.29 is 0 Å². The maximum Gasteiger partial charge on any atom is 0.0193 e. The number of benzene rings is 1. The number of thiocarbonyl (C=S) groups is 1. The predicted molar refractivity (Wildman–Crippen MR) is 79.0 cm³/mol. The highest BCUT2D eigenvalue weighted by molar-refractivity contribution is 7.80. The molecule has 4 atom stereocenters. The first-order valence-corrected chi connectivity index (χ1v) is 7.76. The van der Waals surface area contributed by atoms with Crippen LogP contribution >= 0.6 is 12.2 Å². The van der Waals surface area contributed by atoms with E-state index in [1.807, 2.05) is 6.92 Å². The van der Waals surface area contributed by atoms with Crippen LogP contribution in [0.4, 0.5) is 0 Å². The van der Waals surface area contributed by atoms with Gasteiger partial charge in [-0.2, -0.15) is 0 Å². The van der Waals surface area contributed by atoms with Crippen molar-refractivity contribution in [2.45, 2.75) is 39.0 Å². The third kappa shape index (κ3) is 1.53. The van der Waals surface area contributed by atoms with E-state index in [9.17, 15) is 0 Å². The van der Waals surface area contributed by atoms with E-state index in [1.54, 1.807) is 11.1 Å². The molecule has 0 saturated heterocycles. The molecule has 2 saturated carbocycles. The predicted octanol–water partition coefficient (Wildman–Crippen LogP) is 4.19. The zero-order valence-electron chi connectivity index (χ0n) is 11.0. The molecule has 18 heavy (non-hydrogen) atoms. The Balaban J connectivity index is 1.71. The van der Waals surface area contributed by atoms with E-state index in [-0.39, 0.29) is 0 Å². The van der Waals surface area contributed by atoms with E-state index in [1.165, 1.54) is 37.7 Å². The van der Waals surface area contributed by atoms with Crippen LogP contribution in [0.15, 0.2) is 18.2 Å². The van der Waals surface area contributed by atoms with Gasteiger partial charge in [-0.05, 0) is 79.4 Å². The normalized spacial score (nSPS) is 36.3. The Labute approximate surface area is 115 Å². The minimum absolute atomic E-state index is 0.997. The highest BCUT2D eigenvalue weighted by Crippen LogP contribution is 2.56. The summed E-state index contributed by atoms with van der Waals surface area (Å²) in [6.07, 6.45) is 7.23. The van der Waals surface area contributed by atoms with E-state index < -0.39 is 0 Å². The molecule has 0 nitrogen and oxygen atoms in total. The lowest BCUT2D eigenvalue weighted by molar-refractivity contribution is 0.205. The number of hydrogen-bond acceptors (Lipinski definition) is 1. The van der Waals surface area contributed by atoms with Crippen molar-refractivity contribution in [1.82, 2.24) is 0 Å². The molecule has 0 heterocycles. The van der Waals surface area contributed by atoms with Crippen molar-refractivity contribution in [2.75, 3.05) is 0 Å². The van der Waals surface area contributed by atoms with Crippen LogP contribution in [0.3, 0.4) is 0 Å². The molecule has 1 heteroatoms. The van der Waals surface area contributed by atoms with Crippen LogP contribution in [0, 0.1) is 23.7 Å². The van der Waals surface area contributed by atoms with Crippen molar-refractivity contribution in [1.29, 1.82) is 0 Å². The standard InChI is InChI=1S/C17H20S/c1-10(18)11-2-3-12-8-16-13-4-5-14(7-13)17(16)9-15(12)6-11/h2-3,6,13-14,16-17H,4-5,7-9H2,1H3. The fraction of sp³-hybridized carbons (Fsp3) is 0.588. The Kier molecular flexibility index (Phi) is 2.42. The van der Waals surface area contributed by atoms with Gasteiger partial charge in [-0.25, -0.2) is 0 Å². The second-order valence-corrected chi connectivity index (χ2v) is 7.22. The maximum atomic E-state index is 5.31. The van der Waals surface area contributed by atoms with Crippen molar-refractivity contribution in [3.63, 3.8) is 0 Å². The molecule has 0 N–H and O–H groups in total. The van der Waals surface area contributed by atoms with Crippen molar-refractivity contribution in [3.05, 3.63) is 34.9 Å². The van der Waals surface area contributed by atoms with Gasteiger partial charge in [0.1, 0.15) is 0 Å². The first-order chi connectivity index (χ1) is 8.72. The van der Waals surface area contributed by atoms with Gasteiger partial charge in [0.25, 0.3) is 0 Å². The van der Waals surface area contributed by atoms with Crippen molar-refractivity contribution in [3.8, 4) is 0 Å². The minimum Gasteiger partial charge on any atom is -0.0846 e. The first-order valence-electron chi connectivity index (χ1n) is 7.35. The Morgan fingerprint density at radius 3 is 2.39 bits per heavy atom. The Morgan fingerprint density at radius 2 is 1.72 bits per heavy atom. The molecule has 2 bridgehead atoms. The molecule has 94 valence electrons. The van der Waals surface area contributed by atoms with Crippen LogP contribution in [0.25, 0.3) is 0 Å². The average molecular weight is 256 g/mol. The summed E-state index contributed by atoms with van der Waals surface area (Å²) in [5, 5.41) is 0. The fourth-order valence-electron chi connectivity index (χ4n) is 4.91. The summed E-state index contributed by atoms with van der Waals surface area (Å²) < 4.78 is 0. The Morgan fingerprint density at radius 1 is 1.06 bits per heavy atom. The van der Waals surface area contributed by atoms with Gasteiger partial charge >= 0.3 is 0 Å². The monoisotopic (exact) mass is 256 g/mol. The summed E-state index contributed by atoms with van der Waals surface area (Å²) in [6.45, 7) is 2.04. The number of hydrogen-bond donors (Lipinski definition) is 0. The summed E-state index contributed by atoms with van der Waals surface area (Å²) in [7, 11) is 0. The lowest BCUT2D eigenvalue weighted by Gasteiger charge is -2.36. The number of fused-ring (bicyclic) bond motifs is 6. The summed E-state index contributed by atoms with van der Waals surface area (Å²) in [5.41, 5.74) is 4.49. The molecular formula is C17H20S. The summed E-state index contributed by atoms with van der Waals surface area (Å²) in [5.74, 6) is 4.11. The van der Waals surface area contributed by atoms with Gasteiger partial charge in [0, 0.05) is 4.86 Å². The Hall–Kier alpha value is -0.690. The highest BCUT2D eigenvalue weighted by atomic mass is 32.1. The molecule has 0 amide bonds. The highest BCUT2D eigenvalue weighted by Gasteiger charge is 2.48. The lowest BCUT2D eigenvalue weighted by atomic mass is 9.69. The minimum atomic E-state index is 0.997. The molecule has 2 fully saturated rings. The molecular weight excluding hydrogens is 236 g/mol. The Bertz CT molecular complexity index is 516. The smallest absolute Gasteiger partial charge is 0.0193 e. The maximum absolute atomic E-state index is 5.31. The molecule has 3 aliphatic rings. The van der Waals surface area contributed by atoms with Crippen LogP contribution in [-0.4, -0.2) is 4.86 Å². The van der Waals surface area contributed by atoms with Gasteiger partial charge in [0.2, 0.25) is 0 Å². The van der Waals surface area contributed by atoms with E-state index in [2.05, 4.69) is 18.2 Å². The van der Waals surface area contributed by atoms with Gasteiger partial charge < -0.3 is 0 Å². The van der Waals surface area contributed by atoms with Crippen LogP contribution < -0.4 is 0 Å². The van der Waals surface area contributed by atoms with E-state index >= 15 is 0 Å². The number of rotatable bonds is 1. The van der Waals surface area contributed by atoms with Crippen LogP contribution in [0.5, 0.6) is 0 Å². The molecule has 0 radical (unpaired) electrons. The molecule has 0 aromatic heterocycles. The second kappa shape index (κ2) is 3.90. The van der Waals surface area contributed by atoms with Gasteiger partial charge in [-0.15, -0.1) is 0 Å². The third-order valence-electron chi connectivity index (χ3n) is 5.80. The summed E-state index contributed by atoms with van der Waals surface area (Å²) >= 11 is 5.31. The summed E-state index contributed by atoms with van der Waals surface area (Å²) in [4.78, 5) is 1.04. The molecule has 0 spiro atoms. The summed E-state index contributed by atoms with van der Waals surface area (Å²) in [6, 6.07) is 6.96. The molecule has 1 aromatic rings. The van der Waals surface area contributed by atoms with Crippen LogP contribution in [0.1, 0.15) is 42.9 Å². The van der Waals surface area contributed by atoms with Crippen molar-refractivity contribution in [2.24, 2.45) is 23.7 Å². The largest absolute Gasteiger partial charge is 0.0846 e. The topological polar surface area (TPSA) is 0 Å². The molecule has 1 aromatic carbocycles. The van der Waals surface area contributed by atoms with Crippen LogP contribution in [-0.2, 0) is 12.8 Å². The van der Waals surface area contributed by atoms with E-state index in [0.717, 1.165) is 28.5 Å². The second-order valence-electron chi connectivity index (χ2n) is 6.61. The van der Waals surface area contributed by atoms with E-state index in [0.29, 0.717) is 0 Å². The molecule has 0 aliphatic heterocycles. The quantitative estimate of drug-likeness (QED) is 0.536. The van der Waals surface area contributed by atoms with Gasteiger partial charge in [0.05, 0.1) is 0 Å². The fourth-order valence-corrected chi connectivity index (χ4v) is 5.03. The van der Waals surface area contributed by atoms with Gasteiger partial charge in [-0.1, -0.05) is 30.4 Å². The first kappa shape index (κ1) is 11.2. The van der Waals surface area contributed by atoms with Gasteiger partial charge in [0.15, 0.2) is 0 Å². The van der Waals surface area contributed by atoms with E-state index in [4.69, 9.17) is 12.2 Å². The average Bonchev–Trinajstić information content (AvgIpc) is 2.97. The third-order valence-corrected chi connectivity index (χ3v) is 6.03.